The van der Waals surface area contributed by atoms with Crippen molar-refractivity contribution in [2.45, 2.75) is 82.3 Å². The number of esters is 2. The molecular weight excluding hydrogens is 474 g/mol. The first-order chi connectivity index (χ1) is 17.7. The summed E-state index contributed by atoms with van der Waals surface area (Å²) in [5.74, 6) is 0.0950. The monoisotopic (exact) mass is 513 g/mol. The second-order valence-corrected chi connectivity index (χ2v) is 11.5. The highest BCUT2D eigenvalue weighted by Crippen LogP contribution is 2.62. The third-order valence-electron chi connectivity index (χ3n) is 9.32. The van der Waals surface area contributed by atoms with Gasteiger partial charge in [0.2, 0.25) is 0 Å². The van der Waals surface area contributed by atoms with Crippen LogP contribution in [0.4, 0.5) is 0 Å². The molecule has 1 saturated heterocycles. The number of ether oxygens (including phenoxy) is 3. The first-order valence-electron chi connectivity index (χ1n) is 13.7. The number of ketones is 1. The third kappa shape index (κ3) is 4.36. The van der Waals surface area contributed by atoms with E-state index in [1.165, 1.54) is 12.8 Å². The lowest BCUT2D eigenvalue weighted by Crippen LogP contribution is -2.76. The van der Waals surface area contributed by atoms with Crippen molar-refractivity contribution in [1.82, 2.24) is 4.90 Å². The van der Waals surface area contributed by atoms with Crippen LogP contribution in [0.15, 0.2) is 18.2 Å². The molecule has 3 atom stereocenters. The fraction of sp³-hybridized carbons (Fsp3) is 0.690. The molecule has 1 heterocycles. The van der Waals surface area contributed by atoms with Gasteiger partial charge in [-0.3, -0.25) is 19.3 Å². The number of likely N-dealkylation sites (tertiary alicyclic amines) is 1. The Kier molecular flexibility index (Phi) is 6.86. The number of carbonyl (C=O) groups excluding carboxylic acids is 3. The molecule has 202 valence electrons. The van der Waals surface area contributed by atoms with Crippen molar-refractivity contribution in [3.05, 3.63) is 29.3 Å². The molecule has 0 radical (unpaired) electrons. The molecule has 8 heteroatoms. The number of aliphatic hydroxyl groups is 1. The van der Waals surface area contributed by atoms with E-state index in [1.807, 2.05) is 12.1 Å². The Bertz CT molecular complexity index is 1060. The second-order valence-electron chi connectivity index (χ2n) is 11.5. The van der Waals surface area contributed by atoms with Gasteiger partial charge in [0.1, 0.15) is 11.5 Å². The number of hydrogen-bond donors (Lipinski definition) is 1. The van der Waals surface area contributed by atoms with Gasteiger partial charge < -0.3 is 19.3 Å². The predicted octanol–water partition coefficient (Wildman–Crippen LogP) is 2.96. The summed E-state index contributed by atoms with van der Waals surface area (Å²) in [5.41, 5.74) is -1.37. The third-order valence-corrected chi connectivity index (χ3v) is 9.32. The van der Waals surface area contributed by atoms with E-state index >= 15 is 0 Å². The van der Waals surface area contributed by atoms with Crippen molar-refractivity contribution in [1.29, 1.82) is 0 Å². The summed E-state index contributed by atoms with van der Waals surface area (Å²) in [6.45, 7) is 5.52. The van der Waals surface area contributed by atoms with E-state index in [9.17, 15) is 19.5 Å². The molecule has 1 aromatic carbocycles. The van der Waals surface area contributed by atoms with Crippen LogP contribution >= 0.6 is 0 Å². The van der Waals surface area contributed by atoms with Gasteiger partial charge in [-0.05, 0) is 81.7 Å². The van der Waals surface area contributed by atoms with Gasteiger partial charge in [0.05, 0.1) is 44.2 Å². The first-order valence-corrected chi connectivity index (χ1v) is 13.7. The Hall–Kier alpha value is -2.45. The van der Waals surface area contributed by atoms with Gasteiger partial charge in [-0.25, -0.2) is 0 Å². The SMILES string of the molecule is CCOC(=O)CC1(CC(=O)OCC)C[C@@]2(O)[C@H]3Cc4ccc(OC)cc4[C@@]2(CCN3CC2CC2)CC1=O. The number of methoxy groups -OCH3 is 1. The number of fused-ring (bicyclic) bond motifs is 1. The van der Waals surface area contributed by atoms with Crippen molar-refractivity contribution in [2.24, 2.45) is 11.3 Å². The van der Waals surface area contributed by atoms with Crippen LogP contribution in [0.3, 0.4) is 0 Å². The molecule has 2 bridgehead atoms. The van der Waals surface area contributed by atoms with E-state index in [-0.39, 0.29) is 50.7 Å². The number of benzene rings is 1. The number of hydrogen-bond acceptors (Lipinski definition) is 8. The lowest BCUT2D eigenvalue weighted by atomic mass is 9.44. The highest BCUT2D eigenvalue weighted by Gasteiger charge is 2.70. The summed E-state index contributed by atoms with van der Waals surface area (Å²) in [6, 6.07) is 5.77. The topological polar surface area (TPSA) is 102 Å². The maximum Gasteiger partial charge on any atom is 0.306 e. The van der Waals surface area contributed by atoms with E-state index in [4.69, 9.17) is 14.2 Å². The number of Topliss-reactive ketones (excluding diaryl/α,β-unsaturated/α-hetero) is 1. The largest absolute Gasteiger partial charge is 0.497 e. The number of carbonyl (C=O) groups is 3. The summed E-state index contributed by atoms with van der Waals surface area (Å²) < 4.78 is 16.0. The van der Waals surface area contributed by atoms with Crippen molar-refractivity contribution in [3.63, 3.8) is 0 Å². The summed E-state index contributed by atoms with van der Waals surface area (Å²) >= 11 is 0. The Labute approximate surface area is 218 Å². The van der Waals surface area contributed by atoms with Crippen LogP contribution in [0.2, 0.25) is 0 Å². The van der Waals surface area contributed by atoms with E-state index in [0.29, 0.717) is 24.5 Å². The van der Waals surface area contributed by atoms with Crippen LogP contribution in [0.5, 0.6) is 5.75 Å². The normalized spacial score (nSPS) is 30.2. The number of nitrogens with zero attached hydrogens (tertiary/aromatic N) is 1. The molecule has 37 heavy (non-hydrogen) atoms. The molecule has 1 aliphatic heterocycles. The minimum Gasteiger partial charge on any atom is -0.497 e. The molecule has 0 spiro atoms. The fourth-order valence-corrected chi connectivity index (χ4v) is 7.42. The lowest BCUT2D eigenvalue weighted by molar-refractivity contribution is -0.200. The molecule has 3 fully saturated rings. The lowest BCUT2D eigenvalue weighted by Gasteiger charge is -2.66. The van der Waals surface area contributed by atoms with Gasteiger partial charge in [0.15, 0.2) is 0 Å². The van der Waals surface area contributed by atoms with Crippen molar-refractivity contribution in [2.75, 3.05) is 33.4 Å². The van der Waals surface area contributed by atoms with Crippen molar-refractivity contribution in [3.8, 4) is 5.75 Å². The molecule has 1 aromatic rings. The smallest absolute Gasteiger partial charge is 0.306 e. The van der Waals surface area contributed by atoms with Crippen LogP contribution in [0.25, 0.3) is 0 Å². The predicted molar refractivity (Wildman–Crippen MR) is 135 cm³/mol. The van der Waals surface area contributed by atoms with E-state index < -0.39 is 28.4 Å². The van der Waals surface area contributed by atoms with Crippen molar-refractivity contribution >= 4 is 17.7 Å². The van der Waals surface area contributed by atoms with Crippen LogP contribution < -0.4 is 4.74 Å². The Balaban J connectivity index is 1.61. The number of piperidine rings is 1. The Morgan fingerprint density at radius 3 is 2.38 bits per heavy atom. The summed E-state index contributed by atoms with van der Waals surface area (Å²) in [7, 11) is 1.62. The molecule has 0 amide bonds. The average molecular weight is 514 g/mol. The summed E-state index contributed by atoms with van der Waals surface area (Å²) in [5, 5.41) is 12.9. The van der Waals surface area contributed by atoms with E-state index in [2.05, 4.69) is 11.0 Å². The quantitative estimate of drug-likeness (QED) is 0.503. The molecule has 1 N–H and O–H groups in total. The highest BCUT2D eigenvalue weighted by molar-refractivity contribution is 5.95. The Morgan fingerprint density at radius 1 is 1.11 bits per heavy atom. The zero-order valence-electron chi connectivity index (χ0n) is 22.2. The summed E-state index contributed by atoms with van der Waals surface area (Å²) in [6.07, 6.45) is 3.30. The van der Waals surface area contributed by atoms with Gasteiger partial charge in [0, 0.05) is 24.4 Å². The number of rotatable bonds is 9. The highest BCUT2D eigenvalue weighted by atomic mass is 16.5. The van der Waals surface area contributed by atoms with Crippen LogP contribution in [-0.2, 0) is 35.7 Å². The van der Waals surface area contributed by atoms with Gasteiger partial charge in [-0.15, -0.1) is 0 Å². The zero-order valence-corrected chi connectivity index (χ0v) is 22.2. The molecule has 2 saturated carbocycles. The van der Waals surface area contributed by atoms with Gasteiger partial charge in [-0.1, -0.05) is 6.07 Å². The average Bonchev–Trinajstić information content (AvgIpc) is 3.66. The molecular formula is C29H39NO7. The van der Waals surface area contributed by atoms with Gasteiger partial charge in [-0.2, -0.15) is 0 Å². The minimum absolute atomic E-state index is 0.0267. The van der Waals surface area contributed by atoms with E-state index in [0.717, 1.165) is 24.2 Å². The van der Waals surface area contributed by atoms with Gasteiger partial charge >= 0.3 is 11.9 Å². The van der Waals surface area contributed by atoms with E-state index in [1.54, 1.807) is 21.0 Å². The maximum atomic E-state index is 14.1. The van der Waals surface area contributed by atoms with Crippen LogP contribution in [-0.4, -0.2) is 72.8 Å². The Morgan fingerprint density at radius 2 is 1.78 bits per heavy atom. The molecule has 3 aliphatic carbocycles. The first kappa shape index (κ1) is 26.2. The fourth-order valence-electron chi connectivity index (χ4n) is 7.42. The molecule has 8 nitrogen and oxygen atoms in total. The zero-order chi connectivity index (χ0) is 26.4. The van der Waals surface area contributed by atoms with Crippen LogP contribution in [0.1, 0.15) is 69.9 Å². The van der Waals surface area contributed by atoms with Crippen LogP contribution in [0, 0.1) is 11.3 Å². The summed E-state index contributed by atoms with van der Waals surface area (Å²) in [4.78, 5) is 42.1. The standard InChI is InChI=1S/C29H39NO7/c1-4-36-25(32)15-27(16-26(33)37-5-2)18-29(34)23-12-20-8-9-21(35-3)13-22(20)28(29,14-24(27)31)10-11-30(23)17-19-6-7-19/h8-9,13,19,23,34H,4-7,10-12,14-18H2,1-3H3/t23-,28-,29-/m1/s1. The molecule has 5 rings (SSSR count). The molecule has 0 unspecified atom stereocenters. The van der Waals surface area contributed by atoms with Gasteiger partial charge in [0.25, 0.3) is 0 Å². The second kappa shape index (κ2) is 9.70. The minimum atomic E-state index is -1.37. The van der Waals surface area contributed by atoms with Crippen molar-refractivity contribution < 1.29 is 33.7 Å². The molecule has 4 aliphatic rings. The maximum absolute atomic E-state index is 14.1. The molecule has 0 aromatic heterocycles.